The van der Waals surface area contributed by atoms with Crippen molar-refractivity contribution in [2.75, 3.05) is 39.4 Å². The van der Waals surface area contributed by atoms with Gasteiger partial charge < -0.3 is 10.1 Å². The van der Waals surface area contributed by atoms with E-state index in [9.17, 15) is 9.59 Å². The van der Waals surface area contributed by atoms with E-state index in [1.807, 2.05) is 24.4 Å². The van der Waals surface area contributed by atoms with Crippen LogP contribution >= 0.6 is 34.5 Å². The summed E-state index contributed by atoms with van der Waals surface area (Å²) in [5.41, 5.74) is 3.37. The third-order valence-electron chi connectivity index (χ3n) is 6.31. The lowest BCUT2D eigenvalue weighted by Crippen LogP contribution is -2.41. The molecule has 0 aliphatic carbocycles. The highest BCUT2D eigenvalue weighted by Gasteiger charge is 2.20. The van der Waals surface area contributed by atoms with Crippen molar-refractivity contribution in [1.29, 1.82) is 0 Å². The van der Waals surface area contributed by atoms with Crippen LogP contribution < -0.4 is 10.9 Å². The van der Waals surface area contributed by atoms with Crippen LogP contribution in [0.15, 0.2) is 34.4 Å². The van der Waals surface area contributed by atoms with Gasteiger partial charge in [-0.05, 0) is 38.1 Å². The Morgan fingerprint density at radius 1 is 1.16 bits per heavy atom. The number of thiazole rings is 1. The zero-order valence-corrected chi connectivity index (χ0v) is 22.8. The molecule has 1 fully saturated rings. The summed E-state index contributed by atoms with van der Waals surface area (Å²) < 4.78 is 8.58. The molecule has 0 saturated carbocycles. The van der Waals surface area contributed by atoms with Crippen molar-refractivity contribution in [3.8, 4) is 16.9 Å². The summed E-state index contributed by atoms with van der Waals surface area (Å²) in [5, 5.41) is 10.3. The zero-order chi connectivity index (χ0) is 26.1. The molecule has 1 aliphatic heterocycles. The van der Waals surface area contributed by atoms with Crippen molar-refractivity contribution in [2.24, 2.45) is 0 Å². The third-order valence-corrected chi connectivity index (χ3v) is 7.92. The molecule has 3 aromatic heterocycles. The van der Waals surface area contributed by atoms with Crippen molar-refractivity contribution in [2.45, 2.75) is 20.3 Å². The molecule has 1 aliphatic rings. The van der Waals surface area contributed by atoms with E-state index in [2.05, 4.69) is 20.3 Å². The molecule has 0 bridgehead atoms. The van der Waals surface area contributed by atoms with Crippen LogP contribution in [0.25, 0.3) is 21.9 Å². The number of morpholine rings is 1. The van der Waals surface area contributed by atoms with Gasteiger partial charge in [0.05, 0.1) is 46.6 Å². The molecule has 37 heavy (non-hydrogen) atoms. The summed E-state index contributed by atoms with van der Waals surface area (Å²) in [5.74, 6) is -0.137. The second-order valence-electron chi connectivity index (χ2n) is 8.88. The van der Waals surface area contributed by atoms with Gasteiger partial charge in [-0.3, -0.25) is 18.9 Å². The number of carbonyl (C=O) groups excluding carboxylic acids is 1. The van der Waals surface area contributed by atoms with E-state index in [4.69, 9.17) is 27.9 Å². The van der Waals surface area contributed by atoms with E-state index in [1.54, 1.807) is 23.7 Å². The van der Waals surface area contributed by atoms with Crippen molar-refractivity contribution in [3.05, 3.63) is 67.1 Å². The molecule has 5 rings (SSSR count). The Morgan fingerprint density at radius 3 is 2.70 bits per heavy atom. The van der Waals surface area contributed by atoms with Crippen LogP contribution in [-0.2, 0) is 16.0 Å². The molecular formula is C25H26Cl2N6O3S. The maximum atomic E-state index is 13.7. The van der Waals surface area contributed by atoms with Gasteiger partial charge in [-0.25, -0.2) is 9.67 Å². The Morgan fingerprint density at radius 2 is 1.95 bits per heavy atom. The Hall–Kier alpha value is -2.76. The highest BCUT2D eigenvalue weighted by molar-refractivity contribution is 7.15. The van der Waals surface area contributed by atoms with Crippen molar-refractivity contribution in [3.63, 3.8) is 0 Å². The van der Waals surface area contributed by atoms with Gasteiger partial charge in [0, 0.05) is 42.9 Å². The Kier molecular flexibility index (Phi) is 7.64. The molecule has 4 heterocycles. The number of nitrogens with one attached hydrogen (secondary N) is 1. The predicted molar refractivity (Wildman–Crippen MR) is 145 cm³/mol. The minimum Gasteiger partial charge on any atom is -0.379 e. The zero-order valence-electron chi connectivity index (χ0n) is 20.5. The minimum absolute atomic E-state index is 0.0872. The van der Waals surface area contributed by atoms with Gasteiger partial charge >= 0.3 is 0 Å². The number of hydrogen-bond acceptors (Lipinski definition) is 7. The van der Waals surface area contributed by atoms with Crippen LogP contribution in [0.1, 0.15) is 17.1 Å². The van der Waals surface area contributed by atoms with Crippen LogP contribution in [-0.4, -0.2) is 69.4 Å². The molecule has 1 amide bonds. The van der Waals surface area contributed by atoms with E-state index in [0.717, 1.165) is 44.2 Å². The summed E-state index contributed by atoms with van der Waals surface area (Å²) in [6, 6.07) is 7.08. The standard InChI is InChI=1S/C25H26Cl2N6O3S/c1-15-11-21(30-33(15)17-3-4-19(26)20(27)12-17)23-16(2)29-25-32(24(23)35)18(14-37-25)13-22(34)28-5-6-31-7-9-36-10-8-31/h3-4,11-12,14H,5-10,13H2,1-2H3,(H,28,34). The maximum Gasteiger partial charge on any atom is 0.268 e. The largest absolute Gasteiger partial charge is 0.379 e. The fourth-order valence-corrected chi connectivity index (χ4v) is 5.62. The molecule has 1 saturated heterocycles. The lowest BCUT2D eigenvalue weighted by molar-refractivity contribution is -0.120. The number of benzene rings is 1. The first-order chi connectivity index (χ1) is 17.8. The second-order valence-corrected chi connectivity index (χ2v) is 10.5. The predicted octanol–water partition coefficient (Wildman–Crippen LogP) is 3.52. The first-order valence-corrected chi connectivity index (χ1v) is 13.5. The Labute approximate surface area is 227 Å². The number of rotatable bonds is 7. The van der Waals surface area contributed by atoms with Gasteiger partial charge in [-0.2, -0.15) is 5.10 Å². The number of halogens is 2. The van der Waals surface area contributed by atoms with Crippen LogP contribution in [0.3, 0.4) is 0 Å². The highest BCUT2D eigenvalue weighted by atomic mass is 35.5. The first kappa shape index (κ1) is 25.9. The highest BCUT2D eigenvalue weighted by Crippen LogP contribution is 2.27. The van der Waals surface area contributed by atoms with Gasteiger partial charge in [-0.1, -0.05) is 23.2 Å². The lowest BCUT2D eigenvalue weighted by Gasteiger charge is -2.26. The van der Waals surface area contributed by atoms with Crippen molar-refractivity contribution < 1.29 is 9.53 Å². The smallest absolute Gasteiger partial charge is 0.268 e. The number of aromatic nitrogens is 4. The van der Waals surface area contributed by atoms with Gasteiger partial charge in [0.15, 0.2) is 4.96 Å². The van der Waals surface area contributed by atoms with Crippen LogP contribution in [0.5, 0.6) is 0 Å². The average Bonchev–Trinajstić information content (AvgIpc) is 3.44. The number of carbonyl (C=O) groups is 1. The quantitative estimate of drug-likeness (QED) is 0.371. The van der Waals surface area contributed by atoms with Gasteiger partial charge in [0.2, 0.25) is 5.91 Å². The molecule has 0 radical (unpaired) electrons. The Bertz CT molecular complexity index is 1520. The van der Waals surface area contributed by atoms with E-state index >= 15 is 0 Å². The average molecular weight is 561 g/mol. The van der Waals surface area contributed by atoms with E-state index in [0.29, 0.717) is 44.2 Å². The molecule has 0 unspecified atom stereocenters. The van der Waals surface area contributed by atoms with Crippen LogP contribution in [0, 0.1) is 13.8 Å². The van der Waals surface area contributed by atoms with Gasteiger partial charge in [-0.15, -0.1) is 11.3 Å². The number of aryl methyl sites for hydroxylation is 2. The lowest BCUT2D eigenvalue weighted by atomic mass is 10.1. The third kappa shape index (κ3) is 5.44. The van der Waals surface area contributed by atoms with Crippen molar-refractivity contribution >= 4 is 45.4 Å². The SMILES string of the molecule is Cc1nc2scc(CC(=O)NCCN3CCOCC3)n2c(=O)c1-c1cc(C)n(-c2ccc(Cl)c(Cl)c2)n1. The normalized spacial score (nSPS) is 14.4. The van der Waals surface area contributed by atoms with E-state index < -0.39 is 0 Å². The summed E-state index contributed by atoms with van der Waals surface area (Å²) in [4.78, 5) is 33.8. The summed E-state index contributed by atoms with van der Waals surface area (Å²) in [7, 11) is 0. The number of ether oxygens (including phenoxy) is 1. The number of fused-ring (bicyclic) bond motifs is 1. The molecule has 194 valence electrons. The fourth-order valence-electron chi connectivity index (χ4n) is 4.40. The minimum atomic E-state index is -0.251. The Balaban J connectivity index is 1.40. The summed E-state index contributed by atoms with van der Waals surface area (Å²) in [6.07, 6.45) is 0.0872. The molecular weight excluding hydrogens is 535 g/mol. The monoisotopic (exact) mass is 560 g/mol. The van der Waals surface area contributed by atoms with E-state index in [1.165, 1.54) is 15.7 Å². The number of nitrogens with zero attached hydrogens (tertiary/aromatic N) is 5. The number of hydrogen-bond donors (Lipinski definition) is 1. The van der Waals surface area contributed by atoms with E-state index in [-0.39, 0.29) is 17.9 Å². The summed E-state index contributed by atoms with van der Waals surface area (Å²) >= 11 is 13.6. The molecule has 1 aromatic carbocycles. The fraction of sp³-hybridized carbons (Fsp3) is 0.360. The van der Waals surface area contributed by atoms with Crippen molar-refractivity contribution in [1.82, 2.24) is 29.4 Å². The number of amides is 1. The molecule has 0 atom stereocenters. The van der Waals surface area contributed by atoms with Crippen LogP contribution in [0.4, 0.5) is 0 Å². The molecule has 4 aromatic rings. The van der Waals surface area contributed by atoms with Gasteiger partial charge in [0.25, 0.3) is 5.56 Å². The topological polar surface area (TPSA) is 93.8 Å². The molecule has 0 spiro atoms. The second kappa shape index (κ2) is 10.9. The van der Waals surface area contributed by atoms with Crippen LogP contribution in [0.2, 0.25) is 10.0 Å². The molecule has 1 N–H and O–H groups in total. The first-order valence-electron chi connectivity index (χ1n) is 11.9. The molecule has 12 heteroatoms. The molecule has 9 nitrogen and oxygen atoms in total. The van der Waals surface area contributed by atoms with Gasteiger partial charge in [0.1, 0.15) is 5.69 Å². The maximum absolute atomic E-state index is 13.7. The summed E-state index contributed by atoms with van der Waals surface area (Å²) in [6.45, 7) is 8.19.